The van der Waals surface area contributed by atoms with Crippen LogP contribution in [0.5, 0.6) is 11.5 Å². The van der Waals surface area contributed by atoms with Crippen molar-refractivity contribution >= 4 is 44.6 Å². The molecule has 1 aliphatic heterocycles. The van der Waals surface area contributed by atoms with Crippen molar-refractivity contribution in [3.05, 3.63) is 192 Å². The number of rotatable bonds is 9. The third kappa shape index (κ3) is 8.89. The summed E-state index contributed by atoms with van der Waals surface area (Å²) in [4.78, 5) is 9.52. The van der Waals surface area contributed by atoms with Gasteiger partial charge in [0.15, 0.2) is 0 Å². The highest BCUT2D eigenvalue weighted by molar-refractivity contribution is 6.09. The van der Waals surface area contributed by atoms with Gasteiger partial charge in [0.1, 0.15) is 24.0 Å². The molecule has 0 N–H and O–H groups in total. The zero-order valence-electron chi connectivity index (χ0n) is 50.7. The van der Waals surface area contributed by atoms with Gasteiger partial charge in [-0.25, -0.2) is 4.98 Å². The number of benzene rings is 7. The third-order valence-electron chi connectivity index (χ3n) is 15.4. The Morgan fingerprint density at radius 3 is 2.00 bits per heavy atom. The molecule has 2 aliphatic rings. The first kappa shape index (κ1) is 41.4. The Morgan fingerprint density at radius 1 is 0.616 bits per heavy atom. The molecule has 0 bridgehead atoms. The van der Waals surface area contributed by atoms with Crippen LogP contribution in [0.3, 0.4) is 0 Å². The Kier molecular flexibility index (Phi) is 10.1. The first-order valence-electron chi connectivity index (χ1n) is 29.0. The molecule has 5 heteroatoms. The molecule has 0 unspecified atom stereocenters. The fraction of sp³-hybridized carbons (Fsp3) is 0.309. The van der Waals surface area contributed by atoms with Crippen LogP contribution in [-0.2, 0) is 28.0 Å². The third-order valence-corrected chi connectivity index (χ3v) is 15.4. The van der Waals surface area contributed by atoms with E-state index in [1.807, 2.05) is 60.9 Å². The van der Waals surface area contributed by atoms with Crippen LogP contribution in [0.15, 0.2) is 164 Å². The molecule has 0 spiro atoms. The number of hydrogen-bond donors (Lipinski definition) is 0. The summed E-state index contributed by atoms with van der Waals surface area (Å²) in [5, 5.41) is 1.09. The molecule has 0 amide bonds. The molecule has 0 saturated heterocycles. The van der Waals surface area contributed by atoms with Crippen LogP contribution in [0.1, 0.15) is 132 Å². The summed E-state index contributed by atoms with van der Waals surface area (Å²) in [7, 11) is 0. The van der Waals surface area contributed by atoms with Crippen molar-refractivity contribution in [1.29, 1.82) is 0 Å². The Hall–Kier alpha value is -7.11. The molecule has 3 heterocycles. The molecule has 7 aromatic carbocycles. The van der Waals surface area contributed by atoms with Gasteiger partial charge in [-0.05, 0) is 152 Å². The molecular weight excluding hydrogens is 889 g/mol. The summed E-state index contributed by atoms with van der Waals surface area (Å²) in [5.74, 6) is 1.41. The fourth-order valence-electron chi connectivity index (χ4n) is 11.2. The molecular formula is C68H72N4O. The predicted octanol–water partition coefficient (Wildman–Crippen LogP) is 18.7. The quantitative estimate of drug-likeness (QED) is 0.144. The highest BCUT2D eigenvalue weighted by Crippen LogP contribution is 2.53. The smallest absolute Gasteiger partial charge is 0.137 e. The Bertz CT molecular complexity index is 3910. The molecule has 370 valence electrons. The van der Waals surface area contributed by atoms with Crippen LogP contribution < -0.4 is 14.5 Å². The van der Waals surface area contributed by atoms with E-state index in [1.54, 1.807) is 6.20 Å². The number of pyridine rings is 1. The summed E-state index contributed by atoms with van der Waals surface area (Å²) in [6.45, 7) is 27.0. The molecule has 0 fully saturated rings. The van der Waals surface area contributed by atoms with Gasteiger partial charge in [-0.3, -0.25) is 4.57 Å². The topological polar surface area (TPSA) is 33.5 Å². The van der Waals surface area contributed by atoms with Crippen molar-refractivity contribution in [1.82, 2.24) is 9.55 Å². The van der Waals surface area contributed by atoms with Crippen molar-refractivity contribution in [3.63, 3.8) is 0 Å². The van der Waals surface area contributed by atoms with E-state index < -0.39 is 6.37 Å². The maximum Gasteiger partial charge on any atom is 0.137 e. The van der Waals surface area contributed by atoms with Crippen LogP contribution in [0.25, 0.3) is 49.9 Å². The highest BCUT2D eigenvalue weighted by atomic mass is 16.5. The summed E-state index contributed by atoms with van der Waals surface area (Å²) in [5.41, 5.74) is 14.3. The van der Waals surface area contributed by atoms with Crippen molar-refractivity contribution in [2.75, 3.05) is 16.5 Å². The number of anilines is 4. The standard InChI is InChI=1S/C68H72N4O/c1-44(2)35-45-36-55(46-19-17-20-48(38-46)65(3,4)5)64(56(37-45)47-27-30-57-58(39-47)68(11,12)33-32-67(57,9)10)71-43-70(60-25-15-16-26-61(60)71)50-21-18-22-51(41-50)73-52-28-29-54-53-23-13-14-24-59(53)72(62(54)42-52)63-40-49(31-34-69-63)66(6,7)8/h13-31,34,36-42,44H,32-33,35,43H2,1-12H3/i13D,14D,23D,24D,35D2. The van der Waals surface area contributed by atoms with Gasteiger partial charge in [0.05, 0.1) is 33.6 Å². The number of aromatic nitrogens is 2. The van der Waals surface area contributed by atoms with E-state index in [2.05, 4.69) is 170 Å². The molecule has 5 nitrogen and oxygen atoms in total. The van der Waals surface area contributed by atoms with Crippen molar-refractivity contribution in [2.45, 2.75) is 124 Å². The summed E-state index contributed by atoms with van der Waals surface area (Å²) < 4.78 is 63.5. The Labute approximate surface area is 442 Å². The fourth-order valence-corrected chi connectivity index (χ4v) is 11.2. The van der Waals surface area contributed by atoms with Crippen molar-refractivity contribution < 1.29 is 13.0 Å². The number of para-hydroxylation sites is 3. The second-order valence-corrected chi connectivity index (χ2v) is 24.1. The van der Waals surface area contributed by atoms with Crippen molar-refractivity contribution in [2.24, 2.45) is 5.92 Å². The number of fused-ring (bicyclic) bond motifs is 5. The summed E-state index contributed by atoms with van der Waals surface area (Å²) in [6.07, 6.45) is 2.31. The van der Waals surface area contributed by atoms with E-state index in [-0.39, 0.29) is 51.7 Å². The van der Waals surface area contributed by atoms with E-state index >= 15 is 0 Å². The maximum absolute atomic E-state index is 9.67. The lowest BCUT2D eigenvalue weighted by Gasteiger charge is -2.42. The molecule has 73 heavy (non-hydrogen) atoms. The molecule has 11 rings (SSSR count). The lowest BCUT2D eigenvalue weighted by atomic mass is 9.63. The zero-order chi connectivity index (χ0) is 56.5. The lowest BCUT2D eigenvalue weighted by Crippen LogP contribution is -2.33. The lowest BCUT2D eigenvalue weighted by molar-refractivity contribution is 0.332. The van der Waals surface area contributed by atoms with E-state index in [1.165, 1.54) is 16.7 Å². The molecule has 0 saturated carbocycles. The Morgan fingerprint density at radius 2 is 1.27 bits per heavy atom. The molecule has 0 radical (unpaired) electrons. The van der Waals surface area contributed by atoms with Gasteiger partial charge in [0.2, 0.25) is 0 Å². The highest BCUT2D eigenvalue weighted by Gasteiger charge is 2.38. The van der Waals surface area contributed by atoms with Gasteiger partial charge in [-0.2, -0.15) is 0 Å². The van der Waals surface area contributed by atoms with E-state index in [4.69, 9.17) is 15.2 Å². The Balaban J connectivity index is 1.06. The molecule has 1 aliphatic carbocycles. The van der Waals surface area contributed by atoms with E-state index in [0.29, 0.717) is 51.4 Å². The first-order chi connectivity index (χ1) is 37.2. The first-order valence-corrected chi connectivity index (χ1v) is 26.0. The zero-order valence-corrected chi connectivity index (χ0v) is 44.7. The predicted molar refractivity (Wildman–Crippen MR) is 309 cm³/mol. The minimum atomic E-state index is -1.63. The van der Waals surface area contributed by atoms with Gasteiger partial charge >= 0.3 is 0 Å². The maximum atomic E-state index is 9.67. The molecule has 2 aromatic heterocycles. The SMILES string of the molecule is [2H]c1c([2H])c([2H])c2c(c1[2H])c1ccc(Oc3cccc(N4CN(c5c(-c6cccc(C(C)(C)C)c6)cc(C([2H])([2H])C(C)C)cc5-c5ccc6c(c5)C(C)(C)CCC6(C)C)c5ccccc54)c3)cc1n2-c1cc(C(C)(C)C)ccn1. The van der Waals surface area contributed by atoms with E-state index in [9.17, 15) is 2.74 Å². The summed E-state index contributed by atoms with van der Waals surface area (Å²) in [6, 6.07) is 45.5. The average molecular weight is 967 g/mol. The monoisotopic (exact) mass is 967 g/mol. The van der Waals surface area contributed by atoms with Crippen LogP contribution in [0.4, 0.5) is 22.7 Å². The van der Waals surface area contributed by atoms with Gasteiger partial charge in [-0.1, -0.05) is 162 Å². The van der Waals surface area contributed by atoms with Gasteiger partial charge in [-0.15, -0.1) is 0 Å². The van der Waals surface area contributed by atoms with Gasteiger partial charge in [0, 0.05) is 48.7 Å². The minimum absolute atomic E-state index is 0.0235. The summed E-state index contributed by atoms with van der Waals surface area (Å²) >= 11 is 0. The largest absolute Gasteiger partial charge is 0.457 e. The van der Waals surface area contributed by atoms with Crippen LogP contribution >= 0.6 is 0 Å². The average Bonchev–Trinajstić information content (AvgIpc) is 4.06. The number of ether oxygens (including phenoxy) is 1. The van der Waals surface area contributed by atoms with Gasteiger partial charge in [0.25, 0.3) is 0 Å². The van der Waals surface area contributed by atoms with E-state index in [0.717, 1.165) is 63.4 Å². The van der Waals surface area contributed by atoms with Crippen LogP contribution in [-0.4, -0.2) is 16.2 Å². The van der Waals surface area contributed by atoms with Crippen molar-refractivity contribution in [3.8, 4) is 39.6 Å². The second-order valence-electron chi connectivity index (χ2n) is 24.1. The molecule has 9 aromatic rings. The minimum Gasteiger partial charge on any atom is -0.457 e. The van der Waals surface area contributed by atoms with Gasteiger partial charge < -0.3 is 14.5 Å². The number of nitrogens with zero attached hydrogens (tertiary/aromatic N) is 4. The van der Waals surface area contributed by atoms with Crippen LogP contribution in [0.2, 0.25) is 0 Å². The normalized spacial score (nSPS) is 16.7. The second kappa shape index (κ2) is 17.8. The molecule has 0 atom stereocenters. The number of hydrogen-bond acceptors (Lipinski definition) is 4. The van der Waals surface area contributed by atoms with Crippen LogP contribution in [0, 0.1) is 5.92 Å².